The molecule has 0 aromatic carbocycles. The number of hydrogen-bond donors (Lipinski definition) is 1. The van der Waals surface area contributed by atoms with Gasteiger partial charge in [-0.3, -0.25) is 14.6 Å². The molecule has 2 aromatic heterocycles. The van der Waals surface area contributed by atoms with Gasteiger partial charge in [0, 0.05) is 64.1 Å². The van der Waals surface area contributed by atoms with E-state index >= 15 is 0 Å². The minimum Gasteiger partial charge on any atom is -0.376 e. The fourth-order valence-corrected chi connectivity index (χ4v) is 3.54. The Morgan fingerprint density at radius 2 is 1.86 bits per heavy atom. The summed E-state index contributed by atoms with van der Waals surface area (Å²) in [7, 11) is 0. The molecule has 2 aliphatic rings. The third-order valence-corrected chi connectivity index (χ3v) is 5.16. The first-order valence-corrected chi connectivity index (χ1v) is 9.87. The predicted molar refractivity (Wildman–Crippen MR) is 106 cm³/mol. The number of rotatable bonds is 5. The Morgan fingerprint density at radius 3 is 2.59 bits per heavy atom. The lowest BCUT2D eigenvalue weighted by atomic mass is 10.1. The van der Waals surface area contributed by atoms with Gasteiger partial charge in [0.1, 0.15) is 0 Å². The van der Waals surface area contributed by atoms with E-state index in [1.54, 1.807) is 29.4 Å². The van der Waals surface area contributed by atoms with Crippen LogP contribution in [0.2, 0.25) is 0 Å². The van der Waals surface area contributed by atoms with Crippen molar-refractivity contribution >= 4 is 17.8 Å². The Hall–Kier alpha value is -3.07. The van der Waals surface area contributed by atoms with Gasteiger partial charge in [0.15, 0.2) is 0 Å². The normalized spacial score (nSPS) is 19.2. The molecule has 2 amide bonds. The Labute approximate surface area is 169 Å². The largest absolute Gasteiger partial charge is 0.376 e. The predicted octanol–water partition coefficient (Wildman–Crippen LogP) is 0.743. The second-order valence-corrected chi connectivity index (χ2v) is 7.14. The van der Waals surface area contributed by atoms with Crippen molar-refractivity contribution in [1.29, 1.82) is 0 Å². The van der Waals surface area contributed by atoms with Gasteiger partial charge in [-0.05, 0) is 25.0 Å². The van der Waals surface area contributed by atoms with Crippen LogP contribution in [0.1, 0.15) is 33.6 Å². The van der Waals surface area contributed by atoms with Crippen molar-refractivity contribution in [2.24, 2.45) is 0 Å². The maximum absolute atomic E-state index is 12.9. The van der Waals surface area contributed by atoms with E-state index in [4.69, 9.17) is 4.74 Å². The Kier molecular flexibility index (Phi) is 5.95. The Balaban J connectivity index is 1.34. The molecule has 1 N–H and O–H groups in total. The molecule has 0 saturated carbocycles. The standard InChI is InChI=1S/C20H24N6O3/c27-18(24-14-17-3-1-10-29-17)15-11-16(13-21-12-15)19(28)25-6-8-26(9-7-25)20-22-4-2-5-23-20/h2,4-5,11-13,17H,1,3,6-10,14H2,(H,24,27). The van der Waals surface area contributed by atoms with Crippen LogP contribution in [0, 0.1) is 0 Å². The summed E-state index contributed by atoms with van der Waals surface area (Å²) in [5, 5.41) is 2.86. The number of nitrogens with one attached hydrogen (secondary N) is 1. The van der Waals surface area contributed by atoms with E-state index in [0.29, 0.717) is 49.8 Å². The molecule has 9 nitrogen and oxygen atoms in total. The van der Waals surface area contributed by atoms with Gasteiger partial charge in [0.25, 0.3) is 11.8 Å². The molecule has 1 atom stereocenters. The Morgan fingerprint density at radius 1 is 1.10 bits per heavy atom. The molecule has 2 aromatic rings. The molecule has 4 rings (SSSR count). The van der Waals surface area contributed by atoms with Gasteiger partial charge in [-0.2, -0.15) is 0 Å². The second kappa shape index (κ2) is 8.95. The van der Waals surface area contributed by atoms with E-state index in [2.05, 4.69) is 25.2 Å². The van der Waals surface area contributed by atoms with E-state index < -0.39 is 0 Å². The summed E-state index contributed by atoms with van der Waals surface area (Å²) in [6.45, 7) is 3.66. The maximum atomic E-state index is 12.9. The van der Waals surface area contributed by atoms with Crippen molar-refractivity contribution in [3.8, 4) is 0 Å². The summed E-state index contributed by atoms with van der Waals surface area (Å²) in [6, 6.07) is 3.38. The highest BCUT2D eigenvalue weighted by atomic mass is 16.5. The monoisotopic (exact) mass is 396 g/mol. The summed E-state index contributed by atoms with van der Waals surface area (Å²) in [4.78, 5) is 41.7. The average Bonchev–Trinajstić information content (AvgIpc) is 3.31. The first-order valence-electron chi connectivity index (χ1n) is 9.87. The quantitative estimate of drug-likeness (QED) is 0.796. The van der Waals surface area contributed by atoms with E-state index in [0.717, 1.165) is 19.4 Å². The molecule has 0 radical (unpaired) electrons. The van der Waals surface area contributed by atoms with Crippen LogP contribution in [-0.4, -0.2) is 77.1 Å². The number of hydrogen-bond acceptors (Lipinski definition) is 7. The molecule has 4 heterocycles. The minimum atomic E-state index is -0.242. The molecule has 0 aliphatic carbocycles. The molecule has 2 aliphatic heterocycles. The van der Waals surface area contributed by atoms with Crippen molar-refractivity contribution < 1.29 is 14.3 Å². The van der Waals surface area contributed by atoms with E-state index in [-0.39, 0.29) is 17.9 Å². The molecule has 9 heteroatoms. The third kappa shape index (κ3) is 4.68. The molecule has 29 heavy (non-hydrogen) atoms. The number of anilines is 1. The minimum absolute atomic E-state index is 0.0709. The molecular formula is C20H24N6O3. The van der Waals surface area contributed by atoms with Gasteiger partial charge in [-0.25, -0.2) is 9.97 Å². The first-order chi connectivity index (χ1) is 14.2. The fourth-order valence-electron chi connectivity index (χ4n) is 3.54. The topological polar surface area (TPSA) is 101 Å². The lowest BCUT2D eigenvalue weighted by Gasteiger charge is -2.34. The van der Waals surface area contributed by atoms with Crippen LogP contribution < -0.4 is 10.2 Å². The molecule has 1 unspecified atom stereocenters. The summed E-state index contributed by atoms with van der Waals surface area (Å²) in [5.74, 6) is 0.305. The average molecular weight is 396 g/mol. The van der Waals surface area contributed by atoms with E-state index in [1.807, 2.05) is 0 Å². The van der Waals surface area contributed by atoms with Gasteiger partial charge in [0.2, 0.25) is 5.95 Å². The molecular weight excluding hydrogens is 372 g/mol. The first kappa shape index (κ1) is 19.3. The number of carbonyl (C=O) groups excluding carboxylic acids is 2. The van der Waals surface area contributed by atoms with Crippen LogP contribution in [0.25, 0.3) is 0 Å². The van der Waals surface area contributed by atoms with E-state index in [9.17, 15) is 9.59 Å². The molecule has 0 bridgehead atoms. The Bertz CT molecular complexity index is 848. The van der Waals surface area contributed by atoms with Crippen LogP contribution in [0.3, 0.4) is 0 Å². The fraction of sp³-hybridized carbons (Fsp3) is 0.450. The third-order valence-electron chi connectivity index (χ3n) is 5.16. The van der Waals surface area contributed by atoms with Crippen molar-refractivity contribution in [1.82, 2.24) is 25.2 Å². The zero-order chi connectivity index (χ0) is 20.1. The van der Waals surface area contributed by atoms with Crippen LogP contribution in [0.15, 0.2) is 36.9 Å². The zero-order valence-electron chi connectivity index (χ0n) is 16.2. The molecule has 152 valence electrons. The summed E-state index contributed by atoms with van der Waals surface area (Å²) in [6.07, 6.45) is 8.45. The summed E-state index contributed by atoms with van der Waals surface area (Å²) >= 11 is 0. The maximum Gasteiger partial charge on any atom is 0.255 e. The van der Waals surface area contributed by atoms with Crippen LogP contribution in [0.4, 0.5) is 5.95 Å². The van der Waals surface area contributed by atoms with Gasteiger partial charge in [0.05, 0.1) is 17.2 Å². The molecule has 0 spiro atoms. The number of piperazine rings is 1. The number of carbonyl (C=O) groups is 2. The van der Waals surface area contributed by atoms with Crippen molar-refractivity contribution in [2.75, 3.05) is 44.2 Å². The van der Waals surface area contributed by atoms with Gasteiger partial charge in [-0.1, -0.05) is 0 Å². The number of pyridine rings is 1. The van der Waals surface area contributed by atoms with E-state index in [1.165, 1.54) is 12.4 Å². The highest BCUT2D eigenvalue weighted by molar-refractivity contribution is 5.99. The molecule has 2 fully saturated rings. The highest BCUT2D eigenvalue weighted by Crippen LogP contribution is 2.14. The number of amides is 2. The summed E-state index contributed by atoms with van der Waals surface area (Å²) in [5.41, 5.74) is 0.796. The summed E-state index contributed by atoms with van der Waals surface area (Å²) < 4.78 is 5.52. The zero-order valence-corrected chi connectivity index (χ0v) is 16.2. The lowest BCUT2D eigenvalue weighted by Crippen LogP contribution is -2.49. The van der Waals surface area contributed by atoms with Gasteiger partial charge in [-0.15, -0.1) is 0 Å². The number of nitrogens with zero attached hydrogens (tertiary/aromatic N) is 5. The lowest BCUT2D eigenvalue weighted by molar-refractivity contribution is 0.0745. The van der Waals surface area contributed by atoms with Gasteiger partial charge >= 0.3 is 0 Å². The number of aromatic nitrogens is 3. The van der Waals surface area contributed by atoms with Crippen LogP contribution in [0.5, 0.6) is 0 Å². The van der Waals surface area contributed by atoms with Crippen molar-refractivity contribution in [3.05, 3.63) is 48.0 Å². The second-order valence-electron chi connectivity index (χ2n) is 7.14. The van der Waals surface area contributed by atoms with Gasteiger partial charge < -0.3 is 19.9 Å². The van der Waals surface area contributed by atoms with Crippen LogP contribution >= 0.6 is 0 Å². The highest BCUT2D eigenvalue weighted by Gasteiger charge is 2.24. The smallest absolute Gasteiger partial charge is 0.255 e. The number of ether oxygens (including phenoxy) is 1. The van der Waals surface area contributed by atoms with Crippen molar-refractivity contribution in [2.45, 2.75) is 18.9 Å². The SMILES string of the molecule is O=C(NCC1CCCO1)c1cncc(C(=O)N2CCN(c3ncccn3)CC2)c1. The van der Waals surface area contributed by atoms with Crippen molar-refractivity contribution in [3.63, 3.8) is 0 Å². The van der Waals surface area contributed by atoms with Crippen LogP contribution in [-0.2, 0) is 4.74 Å². The molecule has 2 saturated heterocycles.